The Bertz CT molecular complexity index is 1400. The highest BCUT2D eigenvalue weighted by atomic mass is 32.2. The van der Waals surface area contributed by atoms with Crippen LogP contribution in [0.5, 0.6) is 0 Å². The third kappa shape index (κ3) is 10.1. The number of carboxylic acids is 2. The molecule has 0 aliphatic carbocycles. The Morgan fingerprint density at radius 1 is 0.949 bits per heavy atom. The minimum Gasteiger partial charge on any atom is -0.481 e. The summed E-state index contributed by atoms with van der Waals surface area (Å²) in [5, 5.41) is 24.1. The van der Waals surface area contributed by atoms with E-state index in [0.29, 0.717) is 24.1 Å². The molecular weight excluding hydrogens is 539 g/mol. The van der Waals surface area contributed by atoms with Crippen LogP contribution >= 0.6 is 0 Å². The molecule has 9 nitrogen and oxygen atoms in total. The van der Waals surface area contributed by atoms with Gasteiger partial charge >= 0.3 is 18.1 Å². The predicted octanol–water partition coefficient (Wildman–Crippen LogP) is 4.60. The topological polar surface area (TPSA) is 171 Å². The number of nitrogens with one attached hydrogen (secondary N) is 2. The van der Waals surface area contributed by atoms with E-state index in [1.165, 1.54) is 12.1 Å². The molecule has 208 valence electrons. The summed E-state index contributed by atoms with van der Waals surface area (Å²) in [5.41, 5.74) is 8.37. The van der Waals surface area contributed by atoms with E-state index in [0.717, 1.165) is 11.1 Å². The van der Waals surface area contributed by atoms with Gasteiger partial charge in [-0.25, -0.2) is 13.2 Å². The van der Waals surface area contributed by atoms with Crippen molar-refractivity contribution in [2.75, 3.05) is 4.72 Å². The van der Waals surface area contributed by atoms with Crippen molar-refractivity contribution in [2.24, 2.45) is 5.73 Å². The first-order valence-electron chi connectivity index (χ1n) is 11.3. The highest BCUT2D eigenvalue weighted by Gasteiger charge is 2.38. The molecule has 6 N–H and O–H groups in total. The molecule has 0 amide bonds. The van der Waals surface area contributed by atoms with Crippen LogP contribution in [0.3, 0.4) is 0 Å². The fourth-order valence-corrected chi connectivity index (χ4v) is 4.53. The third-order valence-corrected chi connectivity index (χ3v) is 6.77. The molecule has 0 radical (unpaired) electrons. The van der Waals surface area contributed by atoms with E-state index < -0.39 is 28.1 Å². The van der Waals surface area contributed by atoms with Gasteiger partial charge in [0.05, 0.1) is 11.3 Å². The van der Waals surface area contributed by atoms with Gasteiger partial charge in [0, 0.05) is 11.3 Å². The molecule has 13 heteroatoms. The molecule has 0 aliphatic heterocycles. The highest BCUT2D eigenvalue weighted by molar-refractivity contribution is 7.92. The molecule has 3 aromatic carbocycles. The van der Waals surface area contributed by atoms with Crippen molar-refractivity contribution in [3.05, 3.63) is 95.6 Å². The first kappa shape index (κ1) is 30.8. The Morgan fingerprint density at radius 2 is 1.54 bits per heavy atom. The van der Waals surface area contributed by atoms with Crippen LogP contribution in [0.1, 0.15) is 35.4 Å². The number of rotatable bonds is 10. The number of anilines is 1. The number of nitrogens with two attached hydrogens (primary N) is 1. The lowest BCUT2D eigenvalue weighted by molar-refractivity contribution is -0.192. The second kappa shape index (κ2) is 13.4. The number of hydrogen-bond acceptors (Lipinski definition) is 5. The van der Waals surface area contributed by atoms with Crippen LogP contribution in [0, 0.1) is 5.41 Å². The first-order chi connectivity index (χ1) is 18.2. The van der Waals surface area contributed by atoms with Crippen molar-refractivity contribution < 1.29 is 41.4 Å². The lowest BCUT2D eigenvalue weighted by Gasteiger charge is -2.16. The quantitative estimate of drug-likeness (QED) is 0.177. The molecule has 1 atom stereocenters. The van der Waals surface area contributed by atoms with Gasteiger partial charge in [0.1, 0.15) is 5.84 Å². The maximum atomic E-state index is 12.4. The summed E-state index contributed by atoms with van der Waals surface area (Å²) in [6.45, 7) is 0. The number of nitrogen functional groups attached to an aromatic ring is 1. The number of carboxylic acid groups (broad SMARTS) is 2. The van der Waals surface area contributed by atoms with Gasteiger partial charge in [-0.3, -0.25) is 14.9 Å². The lowest BCUT2D eigenvalue weighted by atomic mass is 9.88. The second-order valence-electron chi connectivity index (χ2n) is 8.29. The minimum atomic E-state index is -5.08. The molecule has 0 fully saturated rings. The monoisotopic (exact) mass is 565 g/mol. The number of carbonyl (C=O) groups is 2. The highest BCUT2D eigenvalue weighted by Crippen LogP contribution is 2.27. The zero-order chi connectivity index (χ0) is 29.2. The van der Waals surface area contributed by atoms with E-state index in [2.05, 4.69) is 4.72 Å². The fourth-order valence-electron chi connectivity index (χ4n) is 3.45. The van der Waals surface area contributed by atoms with E-state index in [1.54, 1.807) is 48.5 Å². The van der Waals surface area contributed by atoms with Gasteiger partial charge in [-0.2, -0.15) is 13.2 Å². The van der Waals surface area contributed by atoms with Gasteiger partial charge in [-0.15, -0.1) is 0 Å². The summed E-state index contributed by atoms with van der Waals surface area (Å²) in [6.07, 6.45) is -3.91. The van der Waals surface area contributed by atoms with Crippen LogP contribution in [0.4, 0.5) is 18.9 Å². The minimum absolute atomic E-state index is 0.0314. The molecule has 0 aliphatic rings. The number of sulfonamides is 1. The van der Waals surface area contributed by atoms with Crippen LogP contribution in [0.15, 0.2) is 83.8 Å². The average molecular weight is 566 g/mol. The Morgan fingerprint density at radius 3 is 2.05 bits per heavy atom. The Labute approximate surface area is 222 Å². The smallest absolute Gasteiger partial charge is 0.481 e. The lowest BCUT2D eigenvalue weighted by Crippen LogP contribution is -2.21. The number of hydrogen-bond donors (Lipinski definition) is 5. The van der Waals surface area contributed by atoms with Crippen molar-refractivity contribution in [3.8, 4) is 0 Å². The van der Waals surface area contributed by atoms with Gasteiger partial charge in [0.25, 0.3) is 10.0 Å². The molecule has 39 heavy (non-hydrogen) atoms. The number of aryl methyl sites for hydroxylation is 1. The fraction of sp³-hybridized carbons (Fsp3) is 0.192. The molecule has 3 rings (SSSR count). The van der Waals surface area contributed by atoms with Crippen LogP contribution in [0.2, 0.25) is 0 Å². The zero-order valence-corrected chi connectivity index (χ0v) is 21.2. The van der Waals surface area contributed by atoms with Crippen LogP contribution in [0.25, 0.3) is 0 Å². The molecule has 0 bridgehead atoms. The zero-order valence-electron chi connectivity index (χ0n) is 20.4. The molecule has 0 heterocycles. The first-order valence-corrected chi connectivity index (χ1v) is 12.8. The summed E-state index contributed by atoms with van der Waals surface area (Å²) in [7, 11) is -3.66. The Balaban J connectivity index is 0.000000673. The standard InChI is InChI=1S/C24H25N3O4S.C2HF3O2/c25-24(26)20-6-4-5-18(15-20)19(16-23(28)29)12-9-17-10-13-21(14-11-17)27-32(30,31)22-7-2-1-3-8-22;3-2(4,5)1(6)7/h1-8,10-11,13-15,19,27H,9,12,16H2,(H3,25,26)(H,28,29);(H,6,7). The summed E-state index contributed by atoms with van der Waals surface area (Å²) in [4.78, 5) is 20.5. The maximum Gasteiger partial charge on any atom is 0.490 e. The van der Waals surface area contributed by atoms with Gasteiger partial charge in [0.2, 0.25) is 0 Å². The third-order valence-electron chi connectivity index (χ3n) is 5.37. The van der Waals surface area contributed by atoms with Gasteiger partial charge in [-0.05, 0) is 60.2 Å². The molecule has 0 saturated carbocycles. The number of halogens is 3. The molecule has 1 unspecified atom stereocenters. The van der Waals surface area contributed by atoms with Crippen molar-refractivity contribution in [2.45, 2.75) is 36.3 Å². The number of amidine groups is 1. The van der Waals surface area contributed by atoms with E-state index in [9.17, 15) is 31.5 Å². The molecule has 3 aromatic rings. The largest absolute Gasteiger partial charge is 0.490 e. The van der Waals surface area contributed by atoms with Gasteiger partial charge < -0.3 is 15.9 Å². The summed E-state index contributed by atoms with van der Waals surface area (Å²) in [5.74, 6) is -3.95. The number of benzene rings is 3. The average Bonchev–Trinajstić information content (AvgIpc) is 2.87. The summed E-state index contributed by atoms with van der Waals surface area (Å²) < 4.78 is 59.2. The summed E-state index contributed by atoms with van der Waals surface area (Å²) in [6, 6.07) is 22.3. The van der Waals surface area contributed by atoms with Crippen molar-refractivity contribution in [1.29, 1.82) is 5.41 Å². The van der Waals surface area contributed by atoms with E-state index in [1.807, 2.05) is 18.2 Å². The molecule has 0 aromatic heterocycles. The molecular formula is C26H26F3N3O6S. The summed E-state index contributed by atoms with van der Waals surface area (Å²) >= 11 is 0. The van der Waals surface area contributed by atoms with E-state index in [4.69, 9.17) is 21.0 Å². The van der Waals surface area contributed by atoms with Gasteiger partial charge in [-0.1, -0.05) is 48.5 Å². The molecule has 0 saturated heterocycles. The number of aliphatic carboxylic acids is 2. The Kier molecular flexibility index (Phi) is 10.6. The number of alkyl halides is 3. The van der Waals surface area contributed by atoms with Crippen LogP contribution < -0.4 is 10.5 Å². The SMILES string of the molecule is N=C(N)c1cccc(C(CCc2ccc(NS(=O)(=O)c3ccccc3)cc2)CC(=O)O)c1.O=C(O)C(F)(F)F. The van der Waals surface area contributed by atoms with Crippen LogP contribution in [-0.4, -0.2) is 42.6 Å². The van der Waals surface area contributed by atoms with Crippen molar-refractivity contribution in [1.82, 2.24) is 0 Å². The Hall–Kier alpha value is -4.39. The van der Waals surface area contributed by atoms with Crippen molar-refractivity contribution in [3.63, 3.8) is 0 Å². The predicted molar refractivity (Wildman–Crippen MR) is 138 cm³/mol. The van der Waals surface area contributed by atoms with Gasteiger partial charge in [0.15, 0.2) is 0 Å². The normalized spacial score (nSPS) is 12.0. The second-order valence-corrected chi connectivity index (χ2v) is 9.97. The maximum absolute atomic E-state index is 12.4. The van der Waals surface area contributed by atoms with E-state index in [-0.39, 0.29) is 23.1 Å². The van der Waals surface area contributed by atoms with Crippen LogP contribution in [-0.2, 0) is 26.0 Å². The van der Waals surface area contributed by atoms with E-state index >= 15 is 0 Å². The van der Waals surface area contributed by atoms with Crippen molar-refractivity contribution >= 4 is 33.5 Å². The molecule has 0 spiro atoms.